The van der Waals surface area contributed by atoms with Crippen LogP contribution in [0.1, 0.15) is 58.3 Å². The third kappa shape index (κ3) is 9.04. The maximum Gasteiger partial charge on any atom is 0.264 e. The minimum Gasteiger partial charge on any atom is -0.362 e. The van der Waals surface area contributed by atoms with Crippen molar-refractivity contribution in [3.8, 4) is 0 Å². The highest BCUT2D eigenvalue weighted by Gasteiger charge is 2.15. The fourth-order valence-corrected chi connectivity index (χ4v) is 4.06. The first-order valence-corrected chi connectivity index (χ1v) is 12.3. The summed E-state index contributed by atoms with van der Waals surface area (Å²) in [4.78, 5) is 7.87. The van der Waals surface area contributed by atoms with Crippen molar-refractivity contribution in [1.82, 2.24) is 15.3 Å². The van der Waals surface area contributed by atoms with Crippen molar-refractivity contribution in [3.05, 3.63) is 42.7 Å². The van der Waals surface area contributed by atoms with E-state index < -0.39 is 10.0 Å². The van der Waals surface area contributed by atoms with Gasteiger partial charge < -0.3 is 10.6 Å². The van der Waals surface area contributed by atoms with Crippen molar-refractivity contribution in [2.24, 2.45) is 0 Å². The minimum absolute atomic E-state index is 0.0334. The van der Waals surface area contributed by atoms with Crippen LogP contribution in [0.15, 0.2) is 47.6 Å². The first-order valence-electron chi connectivity index (χ1n) is 10.5. The van der Waals surface area contributed by atoms with Crippen molar-refractivity contribution in [1.29, 1.82) is 0 Å². The first kappa shape index (κ1) is 24.0. The molecule has 0 aliphatic carbocycles. The van der Waals surface area contributed by atoms with E-state index in [0.717, 1.165) is 18.7 Å². The number of benzene rings is 1. The molecule has 0 amide bonds. The van der Waals surface area contributed by atoms with E-state index in [4.69, 9.17) is 12.2 Å². The predicted molar refractivity (Wildman–Crippen MR) is 126 cm³/mol. The van der Waals surface area contributed by atoms with E-state index in [1.165, 1.54) is 69.5 Å². The van der Waals surface area contributed by atoms with Gasteiger partial charge in [0.2, 0.25) is 5.95 Å². The molecule has 1 heterocycles. The number of nitrogens with zero attached hydrogens (tertiary/aromatic N) is 2. The van der Waals surface area contributed by atoms with Crippen molar-refractivity contribution in [3.63, 3.8) is 0 Å². The van der Waals surface area contributed by atoms with Gasteiger partial charge in [-0.15, -0.1) is 0 Å². The number of aromatic nitrogens is 2. The van der Waals surface area contributed by atoms with Crippen LogP contribution in [-0.2, 0) is 10.0 Å². The number of hydrogen-bond acceptors (Lipinski definition) is 5. The summed E-state index contributed by atoms with van der Waals surface area (Å²) in [6, 6.07) is 7.97. The summed E-state index contributed by atoms with van der Waals surface area (Å²) in [5.74, 6) is 0.0334. The molecule has 2 aromatic rings. The summed E-state index contributed by atoms with van der Waals surface area (Å²) in [5, 5.41) is 6.80. The Morgan fingerprint density at radius 3 is 2.17 bits per heavy atom. The molecule has 0 aliphatic heterocycles. The number of unbranched alkanes of at least 4 members (excludes halogenated alkanes) is 7. The van der Waals surface area contributed by atoms with Crippen LogP contribution in [0.3, 0.4) is 0 Å². The summed E-state index contributed by atoms with van der Waals surface area (Å²) in [6.45, 7) is 3.06. The lowest BCUT2D eigenvalue weighted by Crippen LogP contribution is -2.29. The molecule has 30 heavy (non-hydrogen) atoms. The average molecular weight is 450 g/mol. The normalized spacial score (nSPS) is 11.1. The summed E-state index contributed by atoms with van der Waals surface area (Å²) in [5.41, 5.74) is 0.721. The Labute approximate surface area is 185 Å². The predicted octanol–water partition coefficient (Wildman–Crippen LogP) is 4.70. The fourth-order valence-electron chi connectivity index (χ4n) is 2.88. The Balaban J connectivity index is 1.69. The number of thiocarbonyl (C=S) groups is 1. The second kappa shape index (κ2) is 13.1. The minimum atomic E-state index is -3.74. The van der Waals surface area contributed by atoms with Gasteiger partial charge in [-0.05, 0) is 49.0 Å². The number of nitrogens with one attached hydrogen (secondary N) is 3. The monoisotopic (exact) mass is 449 g/mol. The average Bonchev–Trinajstić information content (AvgIpc) is 2.73. The van der Waals surface area contributed by atoms with Crippen molar-refractivity contribution in [2.75, 3.05) is 16.6 Å². The Kier molecular flexibility index (Phi) is 10.5. The summed E-state index contributed by atoms with van der Waals surface area (Å²) in [7, 11) is -3.74. The van der Waals surface area contributed by atoms with Crippen LogP contribution in [0.4, 0.5) is 11.6 Å². The highest BCUT2D eigenvalue weighted by atomic mass is 32.2. The zero-order valence-electron chi connectivity index (χ0n) is 17.4. The molecule has 0 radical (unpaired) electrons. The maximum atomic E-state index is 12.4. The smallest absolute Gasteiger partial charge is 0.264 e. The second-order valence-electron chi connectivity index (χ2n) is 7.06. The van der Waals surface area contributed by atoms with Crippen LogP contribution in [-0.4, -0.2) is 30.0 Å². The summed E-state index contributed by atoms with van der Waals surface area (Å²) < 4.78 is 27.1. The molecule has 164 valence electrons. The molecule has 0 aliphatic rings. The molecular weight excluding hydrogens is 418 g/mol. The van der Waals surface area contributed by atoms with E-state index >= 15 is 0 Å². The van der Waals surface area contributed by atoms with Gasteiger partial charge in [-0.1, -0.05) is 51.9 Å². The second-order valence-corrected chi connectivity index (χ2v) is 9.15. The highest BCUT2D eigenvalue weighted by molar-refractivity contribution is 7.92. The Morgan fingerprint density at radius 1 is 0.933 bits per heavy atom. The lowest BCUT2D eigenvalue weighted by molar-refractivity contribution is 0.573. The molecule has 0 atom stereocenters. The maximum absolute atomic E-state index is 12.4. The third-order valence-corrected chi connectivity index (χ3v) is 6.12. The third-order valence-electron chi connectivity index (χ3n) is 4.53. The zero-order chi connectivity index (χ0) is 21.7. The Hall–Kier alpha value is -2.26. The molecular formula is C21H31N5O2S2. The van der Waals surface area contributed by atoms with E-state index in [0.29, 0.717) is 5.11 Å². The first-order chi connectivity index (χ1) is 14.5. The van der Waals surface area contributed by atoms with E-state index in [1.54, 1.807) is 18.2 Å². The standard InChI is InChI=1S/C21H31N5O2S2/c1-2-3-4-5-6-7-8-9-15-24-21(29)25-18-11-13-19(14-12-18)30(27,28)26-20-22-16-10-17-23-20/h10-14,16-17H,2-9,15H2,1H3,(H,22,23,26)(H2,24,25,29). The molecule has 9 heteroatoms. The van der Waals surface area contributed by atoms with E-state index in [1.807, 2.05) is 0 Å². The van der Waals surface area contributed by atoms with Crippen LogP contribution in [0, 0.1) is 0 Å². The van der Waals surface area contributed by atoms with Crippen LogP contribution >= 0.6 is 12.2 Å². The number of rotatable bonds is 13. The van der Waals surface area contributed by atoms with Gasteiger partial charge in [0.05, 0.1) is 4.90 Å². The fraction of sp³-hybridized carbons (Fsp3) is 0.476. The van der Waals surface area contributed by atoms with Crippen LogP contribution in [0.2, 0.25) is 0 Å². The van der Waals surface area contributed by atoms with E-state index in [9.17, 15) is 8.42 Å². The van der Waals surface area contributed by atoms with Crippen molar-refractivity contribution in [2.45, 2.75) is 63.2 Å². The molecule has 1 aromatic heterocycles. The molecule has 0 fully saturated rings. The Morgan fingerprint density at radius 2 is 1.53 bits per heavy atom. The van der Waals surface area contributed by atoms with Gasteiger partial charge >= 0.3 is 0 Å². The van der Waals surface area contributed by atoms with Gasteiger partial charge in [-0.25, -0.2) is 23.1 Å². The van der Waals surface area contributed by atoms with Crippen LogP contribution in [0.5, 0.6) is 0 Å². The molecule has 3 N–H and O–H groups in total. The highest BCUT2D eigenvalue weighted by Crippen LogP contribution is 2.16. The van der Waals surface area contributed by atoms with E-state index in [-0.39, 0.29) is 10.8 Å². The van der Waals surface area contributed by atoms with Crippen molar-refractivity contribution < 1.29 is 8.42 Å². The lowest BCUT2D eigenvalue weighted by atomic mass is 10.1. The lowest BCUT2D eigenvalue weighted by Gasteiger charge is -2.11. The summed E-state index contributed by atoms with van der Waals surface area (Å²) in [6.07, 6.45) is 13.1. The van der Waals surface area contributed by atoms with Gasteiger partial charge in [-0.3, -0.25) is 0 Å². The SMILES string of the molecule is CCCCCCCCCCNC(=S)Nc1ccc(S(=O)(=O)Nc2ncccn2)cc1. The van der Waals surface area contributed by atoms with Crippen LogP contribution < -0.4 is 15.4 Å². The largest absolute Gasteiger partial charge is 0.362 e. The van der Waals surface area contributed by atoms with Crippen LogP contribution in [0.25, 0.3) is 0 Å². The molecule has 7 nitrogen and oxygen atoms in total. The molecule has 0 saturated carbocycles. The van der Waals surface area contributed by atoms with Gasteiger partial charge in [-0.2, -0.15) is 0 Å². The number of hydrogen-bond donors (Lipinski definition) is 3. The topological polar surface area (TPSA) is 96.0 Å². The van der Waals surface area contributed by atoms with Gasteiger partial charge in [0, 0.05) is 24.6 Å². The van der Waals surface area contributed by atoms with Crippen molar-refractivity contribution >= 4 is 39.0 Å². The van der Waals surface area contributed by atoms with Gasteiger partial charge in [0.15, 0.2) is 5.11 Å². The zero-order valence-corrected chi connectivity index (χ0v) is 19.1. The molecule has 2 rings (SSSR count). The number of anilines is 2. The van der Waals surface area contributed by atoms with Gasteiger partial charge in [0.1, 0.15) is 0 Å². The quantitative estimate of drug-likeness (QED) is 0.301. The molecule has 0 spiro atoms. The molecule has 0 bridgehead atoms. The number of sulfonamides is 1. The van der Waals surface area contributed by atoms with E-state index in [2.05, 4.69) is 32.2 Å². The summed E-state index contributed by atoms with van der Waals surface area (Å²) >= 11 is 5.31. The molecule has 0 saturated heterocycles. The van der Waals surface area contributed by atoms with Gasteiger partial charge in [0.25, 0.3) is 10.0 Å². The molecule has 1 aromatic carbocycles. The molecule has 0 unspecified atom stereocenters. The Bertz CT molecular complexity index is 859.